The van der Waals surface area contributed by atoms with Crippen LogP contribution < -0.4 is 0 Å². The summed E-state index contributed by atoms with van der Waals surface area (Å²) in [5.74, 6) is 0.542. The molecule has 0 fully saturated rings. The number of carbonyl (C=O) groups excluding carboxylic acids is 1. The molecule has 3 aromatic carbocycles. The number of halogens is 1. The molecule has 0 radical (unpaired) electrons. The normalized spacial score (nSPS) is 11.2. The molecule has 32 heavy (non-hydrogen) atoms. The summed E-state index contributed by atoms with van der Waals surface area (Å²) in [5, 5.41) is 9.33. The lowest BCUT2D eigenvalue weighted by Crippen LogP contribution is -2.26. The van der Waals surface area contributed by atoms with Gasteiger partial charge in [-0.25, -0.2) is 4.98 Å². The maximum absolute atomic E-state index is 13.2. The van der Waals surface area contributed by atoms with E-state index in [0.29, 0.717) is 28.6 Å². The number of hydrogen-bond donors (Lipinski definition) is 0. The van der Waals surface area contributed by atoms with E-state index < -0.39 is 0 Å². The standard InChI is InChI=1S/C25H20ClN5O/c1-16-23-28-29-24(19-10-6-7-11-20(19)26)31(23)22-14-18(12-13-21(22)27-16)25(32)30(2)15-17-8-4-3-5-9-17/h3-14H,15H2,1-2H3. The Kier molecular flexibility index (Phi) is 5.07. The molecule has 0 saturated carbocycles. The lowest BCUT2D eigenvalue weighted by molar-refractivity contribution is 0.0785. The van der Waals surface area contributed by atoms with Crippen LogP contribution in [0.1, 0.15) is 21.6 Å². The van der Waals surface area contributed by atoms with Crippen molar-refractivity contribution in [2.24, 2.45) is 0 Å². The van der Waals surface area contributed by atoms with Crippen LogP contribution in [-0.2, 0) is 6.54 Å². The molecule has 0 aliphatic carbocycles. The van der Waals surface area contributed by atoms with Gasteiger partial charge in [0.2, 0.25) is 0 Å². The Bertz CT molecular complexity index is 1460. The number of fused-ring (bicyclic) bond motifs is 3. The SMILES string of the molecule is Cc1nc2ccc(C(=O)N(C)Cc3ccccc3)cc2n2c(-c3ccccc3Cl)nnc12. The smallest absolute Gasteiger partial charge is 0.253 e. The zero-order valence-corrected chi connectivity index (χ0v) is 18.4. The second-order valence-corrected chi connectivity index (χ2v) is 8.12. The van der Waals surface area contributed by atoms with Crippen LogP contribution in [0.3, 0.4) is 0 Å². The summed E-state index contributed by atoms with van der Waals surface area (Å²) >= 11 is 6.45. The largest absolute Gasteiger partial charge is 0.337 e. The third kappa shape index (κ3) is 3.48. The molecule has 2 heterocycles. The van der Waals surface area contributed by atoms with E-state index in [0.717, 1.165) is 27.9 Å². The average Bonchev–Trinajstić information content (AvgIpc) is 3.25. The highest BCUT2D eigenvalue weighted by molar-refractivity contribution is 6.33. The summed E-state index contributed by atoms with van der Waals surface area (Å²) in [5.41, 5.74) is 5.31. The Labute approximate surface area is 190 Å². The lowest BCUT2D eigenvalue weighted by atomic mass is 10.1. The van der Waals surface area contributed by atoms with E-state index in [1.54, 1.807) is 11.9 Å². The molecule has 0 N–H and O–H groups in total. The molecule has 0 bridgehead atoms. The number of rotatable bonds is 4. The first-order valence-corrected chi connectivity index (χ1v) is 10.6. The van der Waals surface area contributed by atoms with Crippen molar-refractivity contribution in [1.29, 1.82) is 0 Å². The van der Waals surface area contributed by atoms with Crippen LogP contribution in [0.5, 0.6) is 0 Å². The second-order valence-electron chi connectivity index (χ2n) is 7.71. The fraction of sp³-hybridized carbons (Fsp3) is 0.120. The lowest BCUT2D eigenvalue weighted by Gasteiger charge is -2.18. The van der Waals surface area contributed by atoms with Gasteiger partial charge in [0.15, 0.2) is 11.5 Å². The van der Waals surface area contributed by atoms with Gasteiger partial charge in [0, 0.05) is 24.7 Å². The predicted octanol–water partition coefficient (Wildman–Crippen LogP) is 5.18. The van der Waals surface area contributed by atoms with Gasteiger partial charge in [-0.2, -0.15) is 0 Å². The zero-order valence-electron chi connectivity index (χ0n) is 17.7. The van der Waals surface area contributed by atoms with Crippen LogP contribution in [0.25, 0.3) is 28.1 Å². The molecule has 0 unspecified atom stereocenters. The highest BCUT2D eigenvalue weighted by Crippen LogP contribution is 2.29. The van der Waals surface area contributed by atoms with Crippen LogP contribution in [0.15, 0.2) is 72.8 Å². The van der Waals surface area contributed by atoms with Crippen LogP contribution in [0.2, 0.25) is 5.02 Å². The van der Waals surface area contributed by atoms with Gasteiger partial charge in [-0.3, -0.25) is 9.20 Å². The maximum atomic E-state index is 13.2. The van der Waals surface area contributed by atoms with E-state index in [1.807, 2.05) is 84.1 Å². The van der Waals surface area contributed by atoms with E-state index >= 15 is 0 Å². The minimum atomic E-state index is -0.0724. The van der Waals surface area contributed by atoms with Crippen molar-refractivity contribution in [2.45, 2.75) is 13.5 Å². The topological polar surface area (TPSA) is 63.4 Å². The van der Waals surface area contributed by atoms with Crippen molar-refractivity contribution in [3.05, 3.63) is 94.6 Å². The van der Waals surface area contributed by atoms with E-state index in [1.165, 1.54) is 0 Å². The van der Waals surface area contributed by atoms with Gasteiger partial charge >= 0.3 is 0 Å². The van der Waals surface area contributed by atoms with Crippen LogP contribution in [-0.4, -0.2) is 37.4 Å². The third-order valence-corrected chi connectivity index (χ3v) is 5.79. The minimum absolute atomic E-state index is 0.0724. The number of hydrogen-bond acceptors (Lipinski definition) is 4. The van der Waals surface area contributed by atoms with Crippen molar-refractivity contribution in [2.75, 3.05) is 7.05 Å². The van der Waals surface area contributed by atoms with E-state index in [2.05, 4.69) is 15.2 Å². The Morgan fingerprint density at radius 1 is 1.00 bits per heavy atom. The predicted molar refractivity (Wildman–Crippen MR) is 126 cm³/mol. The maximum Gasteiger partial charge on any atom is 0.253 e. The van der Waals surface area contributed by atoms with Crippen LogP contribution >= 0.6 is 11.6 Å². The summed E-state index contributed by atoms with van der Waals surface area (Å²) in [6.07, 6.45) is 0. The first kappa shape index (κ1) is 20.2. The fourth-order valence-electron chi connectivity index (χ4n) is 3.87. The molecule has 0 spiro atoms. The molecular formula is C25H20ClN5O. The Morgan fingerprint density at radius 3 is 2.53 bits per heavy atom. The number of nitrogens with zero attached hydrogens (tertiary/aromatic N) is 5. The number of amides is 1. The van der Waals surface area contributed by atoms with Gasteiger partial charge in [0.1, 0.15) is 0 Å². The summed E-state index contributed by atoms with van der Waals surface area (Å²) in [6, 6.07) is 22.9. The number of aryl methyl sites for hydroxylation is 1. The molecule has 5 aromatic rings. The highest BCUT2D eigenvalue weighted by atomic mass is 35.5. The number of benzene rings is 3. The van der Waals surface area contributed by atoms with Crippen molar-refractivity contribution < 1.29 is 4.79 Å². The molecule has 2 aromatic heterocycles. The van der Waals surface area contributed by atoms with Gasteiger partial charge in [-0.1, -0.05) is 54.1 Å². The second kappa shape index (κ2) is 8.05. The molecule has 7 heteroatoms. The Morgan fingerprint density at radius 2 is 1.75 bits per heavy atom. The Balaban J connectivity index is 1.63. The van der Waals surface area contributed by atoms with E-state index in [9.17, 15) is 4.79 Å². The molecule has 0 aliphatic rings. The zero-order chi connectivity index (χ0) is 22.2. The molecule has 1 amide bonds. The summed E-state index contributed by atoms with van der Waals surface area (Å²) < 4.78 is 1.92. The fourth-order valence-corrected chi connectivity index (χ4v) is 4.09. The van der Waals surface area contributed by atoms with Gasteiger partial charge < -0.3 is 4.90 Å². The average molecular weight is 442 g/mol. The van der Waals surface area contributed by atoms with Gasteiger partial charge in [-0.05, 0) is 42.8 Å². The van der Waals surface area contributed by atoms with Crippen LogP contribution in [0.4, 0.5) is 0 Å². The molecule has 6 nitrogen and oxygen atoms in total. The quantitative estimate of drug-likeness (QED) is 0.385. The summed E-state index contributed by atoms with van der Waals surface area (Å²) in [4.78, 5) is 19.6. The minimum Gasteiger partial charge on any atom is -0.337 e. The van der Waals surface area contributed by atoms with Crippen molar-refractivity contribution in [3.8, 4) is 11.4 Å². The molecule has 0 aliphatic heterocycles. The van der Waals surface area contributed by atoms with Crippen LogP contribution in [0, 0.1) is 6.92 Å². The van der Waals surface area contributed by atoms with Crippen molar-refractivity contribution >= 4 is 34.2 Å². The summed E-state index contributed by atoms with van der Waals surface area (Å²) in [7, 11) is 1.80. The first-order valence-electron chi connectivity index (χ1n) is 10.2. The third-order valence-electron chi connectivity index (χ3n) is 5.46. The molecule has 0 saturated heterocycles. The van der Waals surface area contributed by atoms with Crippen molar-refractivity contribution in [3.63, 3.8) is 0 Å². The molecular weight excluding hydrogens is 422 g/mol. The molecule has 158 valence electrons. The van der Waals surface area contributed by atoms with E-state index in [4.69, 9.17) is 11.6 Å². The molecule has 0 atom stereocenters. The van der Waals surface area contributed by atoms with Gasteiger partial charge in [-0.15, -0.1) is 10.2 Å². The van der Waals surface area contributed by atoms with E-state index in [-0.39, 0.29) is 5.91 Å². The van der Waals surface area contributed by atoms with Crippen molar-refractivity contribution in [1.82, 2.24) is 24.5 Å². The Hall–Kier alpha value is -3.77. The number of aromatic nitrogens is 4. The number of carbonyl (C=O) groups is 1. The summed E-state index contributed by atoms with van der Waals surface area (Å²) in [6.45, 7) is 2.42. The van der Waals surface area contributed by atoms with Gasteiger partial charge in [0.05, 0.1) is 21.7 Å². The molecule has 5 rings (SSSR count). The monoisotopic (exact) mass is 441 g/mol. The first-order chi connectivity index (χ1) is 15.5. The highest BCUT2D eigenvalue weighted by Gasteiger charge is 2.19. The van der Waals surface area contributed by atoms with Gasteiger partial charge in [0.25, 0.3) is 5.91 Å².